The summed E-state index contributed by atoms with van der Waals surface area (Å²) in [6, 6.07) is -0.606. The summed E-state index contributed by atoms with van der Waals surface area (Å²) in [6.45, 7) is 14.1. The van der Waals surface area contributed by atoms with Crippen molar-refractivity contribution in [2.45, 2.75) is 373 Å². The maximum Gasteiger partial charge on any atom is 0.244 e. The van der Waals surface area contributed by atoms with Gasteiger partial charge in [-0.3, -0.25) is 19.4 Å². The van der Waals surface area contributed by atoms with Crippen molar-refractivity contribution >= 4 is 33.4 Å². The molecule has 0 heterocycles. The summed E-state index contributed by atoms with van der Waals surface area (Å²) < 4.78 is 0. The van der Waals surface area contributed by atoms with Gasteiger partial charge in [0.05, 0.1) is 24.4 Å². The first-order chi connectivity index (χ1) is 43.9. The minimum Gasteiger partial charge on any atom is -0.392 e. The maximum absolute atomic E-state index is 13.9. The van der Waals surface area contributed by atoms with Crippen LogP contribution in [-0.2, 0) is 9.59 Å². The normalized spacial score (nSPS) is 13.8. The van der Waals surface area contributed by atoms with Gasteiger partial charge in [0.15, 0.2) is 0 Å². The minimum atomic E-state index is -0.606. The zero-order valence-corrected chi connectivity index (χ0v) is 62.3. The number of nitrogens with zero attached hydrogens (tertiary/aromatic N) is 4. The largest absolute Gasteiger partial charge is 0.392 e. The number of carbonyl (C=O) groups excluding carboxylic acids is 2. The molecule has 2 amide bonds. The lowest BCUT2D eigenvalue weighted by Gasteiger charge is -2.28. The van der Waals surface area contributed by atoms with Crippen molar-refractivity contribution in [2.24, 2.45) is 0 Å². The quantitative estimate of drug-likeness (QED) is 0.0226. The summed E-state index contributed by atoms with van der Waals surface area (Å²) in [5, 5.41) is 48.1. The van der Waals surface area contributed by atoms with Gasteiger partial charge in [0.2, 0.25) is 11.8 Å². The van der Waals surface area contributed by atoms with Gasteiger partial charge in [-0.15, -0.1) is 0 Å². The highest BCUT2D eigenvalue weighted by atomic mass is 33.1. The van der Waals surface area contributed by atoms with E-state index >= 15 is 0 Å². The number of unbranched alkanes of at least 4 members (excludes halogenated alkanes) is 35. The molecule has 0 bridgehead atoms. The molecule has 0 aliphatic rings. The molecule has 0 rings (SSSR count). The Morgan fingerprint density at radius 1 is 0.356 bits per heavy atom. The van der Waals surface area contributed by atoms with Crippen molar-refractivity contribution in [1.29, 1.82) is 0 Å². The molecule has 0 saturated carbocycles. The standard InChI is InChI=1S/C77H153N5O6S2/c1-8-12-16-20-24-28-30-32-34-36-38-42-46-50-55-71(83)67-81(68-72(84)56-51-47-43-39-37-35-33-31-29-25-21-17-13-9-2)61-52-53-65-89-90-66-60-75(77(88)80(7)64-63-79(5)6)78-76(87)59-54-62-82(69-73(85)57-48-44-40-26-22-18-14-10-3)70-74(86)58-49-45-41-27-23-19-15-11-4/h32-35,71-75,83-86H,8-31,36-70H2,1-7H3,(H,78,87)/b34-32-,35-33-. The van der Waals surface area contributed by atoms with Crippen molar-refractivity contribution in [2.75, 3.05) is 85.0 Å². The van der Waals surface area contributed by atoms with Crippen LogP contribution in [0, 0.1) is 0 Å². The first-order valence-electron chi connectivity index (χ1n) is 38.8. The molecule has 0 radical (unpaired) electrons. The number of carbonyl (C=O) groups is 2. The molecule has 0 saturated heterocycles. The monoisotopic (exact) mass is 1310 g/mol. The number of allylic oxidation sites excluding steroid dienone is 4. The first-order valence-corrected chi connectivity index (χ1v) is 41.3. The van der Waals surface area contributed by atoms with Crippen LogP contribution in [0.2, 0.25) is 0 Å². The van der Waals surface area contributed by atoms with Gasteiger partial charge < -0.3 is 35.5 Å². The lowest BCUT2D eigenvalue weighted by atomic mass is 10.0. The van der Waals surface area contributed by atoms with Crippen molar-refractivity contribution in [3.63, 3.8) is 0 Å². The van der Waals surface area contributed by atoms with Crippen LogP contribution in [-0.4, -0.2) is 167 Å². The van der Waals surface area contributed by atoms with Crippen LogP contribution in [0.4, 0.5) is 0 Å². The Balaban J connectivity index is 5.37. The highest BCUT2D eigenvalue weighted by molar-refractivity contribution is 8.76. The maximum atomic E-state index is 13.9. The molecule has 5 N–H and O–H groups in total. The van der Waals surface area contributed by atoms with E-state index in [2.05, 4.69) is 72.0 Å². The van der Waals surface area contributed by atoms with E-state index in [0.29, 0.717) is 52.1 Å². The van der Waals surface area contributed by atoms with E-state index in [1.165, 1.54) is 193 Å². The Bertz CT molecular complexity index is 1490. The van der Waals surface area contributed by atoms with Crippen LogP contribution in [0.1, 0.15) is 342 Å². The Hall–Kier alpha value is -1.16. The summed E-state index contributed by atoms with van der Waals surface area (Å²) >= 11 is 0. The third-order valence-electron chi connectivity index (χ3n) is 18.1. The average Bonchev–Trinajstić information content (AvgIpc) is 3.72. The van der Waals surface area contributed by atoms with E-state index < -0.39 is 18.2 Å². The Labute approximate surface area is 567 Å². The number of aliphatic hydroxyl groups excluding tert-OH is 4. The second-order valence-electron chi connectivity index (χ2n) is 27.6. The summed E-state index contributed by atoms with van der Waals surface area (Å²) in [4.78, 5) is 35.9. The molecule has 13 heteroatoms. The fraction of sp³-hybridized carbons (Fsp3) is 0.922. The molecule has 5 atom stereocenters. The molecule has 0 fully saturated rings. The van der Waals surface area contributed by atoms with Gasteiger partial charge in [-0.25, -0.2) is 0 Å². The van der Waals surface area contributed by atoms with Gasteiger partial charge in [0.25, 0.3) is 0 Å². The zero-order valence-electron chi connectivity index (χ0n) is 60.6. The fourth-order valence-corrected chi connectivity index (χ4v) is 14.4. The van der Waals surface area contributed by atoms with E-state index in [-0.39, 0.29) is 30.4 Å². The predicted octanol–water partition coefficient (Wildman–Crippen LogP) is 19.2. The smallest absolute Gasteiger partial charge is 0.244 e. The van der Waals surface area contributed by atoms with Crippen molar-refractivity contribution < 1.29 is 30.0 Å². The van der Waals surface area contributed by atoms with Gasteiger partial charge in [-0.1, -0.05) is 279 Å². The van der Waals surface area contributed by atoms with Crippen LogP contribution in [0.3, 0.4) is 0 Å². The highest BCUT2D eigenvalue weighted by Gasteiger charge is 2.25. The van der Waals surface area contributed by atoms with Gasteiger partial charge in [-0.05, 0) is 130 Å². The van der Waals surface area contributed by atoms with E-state index in [0.717, 1.165) is 127 Å². The van der Waals surface area contributed by atoms with E-state index in [9.17, 15) is 30.0 Å². The summed E-state index contributed by atoms with van der Waals surface area (Å²) in [5.41, 5.74) is 0. The predicted molar refractivity (Wildman–Crippen MR) is 397 cm³/mol. The Kier molecular flexibility index (Phi) is 68.3. The molecule has 0 aliphatic heterocycles. The van der Waals surface area contributed by atoms with Crippen molar-refractivity contribution in [3.8, 4) is 0 Å². The van der Waals surface area contributed by atoms with E-state index in [4.69, 9.17) is 0 Å². The summed E-state index contributed by atoms with van der Waals surface area (Å²) in [7, 11) is 9.44. The first kappa shape index (κ1) is 88.8. The van der Waals surface area contributed by atoms with Crippen LogP contribution >= 0.6 is 21.6 Å². The second-order valence-corrected chi connectivity index (χ2v) is 30.3. The average molecular weight is 1310 g/mol. The van der Waals surface area contributed by atoms with Crippen LogP contribution in [0.5, 0.6) is 0 Å². The molecular formula is C77H153N5O6S2. The van der Waals surface area contributed by atoms with Crippen molar-refractivity contribution in [3.05, 3.63) is 24.3 Å². The molecule has 0 aromatic rings. The summed E-state index contributed by atoms with van der Waals surface area (Å²) in [5.74, 6) is 1.53. The minimum absolute atomic E-state index is 0.0569. The lowest BCUT2D eigenvalue weighted by Crippen LogP contribution is -2.49. The molecule has 5 unspecified atom stereocenters. The number of likely N-dealkylation sites (N-methyl/N-ethyl adjacent to an activating group) is 2. The molecule has 534 valence electrons. The van der Waals surface area contributed by atoms with Gasteiger partial charge >= 0.3 is 0 Å². The Morgan fingerprint density at radius 2 is 0.667 bits per heavy atom. The molecule has 0 aliphatic carbocycles. The second kappa shape index (κ2) is 69.2. The van der Waals surface area contributed by atoms with Gasteiger partial charge in [-0.2, -0.15) is 0 Å². The van der Waals surface area contributed by atoms with Gasteiger partial charge in [0.1, 0.15) is 6.04 Å². The number of hydrogen-bond donors (Lipinski definition) is 5. The molecule has 0 aromatic carbocycles. The number of aliphatic hydroxyl groups is 4. The molecule has 11 nitrogen and oxygen atoms in total. The van der Waals surface area contributed by atoms with Crippen molar-refractivity contribution in [1.82, 2.24) is 24.9 Å². The van der Waals surface area contributed by atoms with E-state index in [1.807, 2.05) is 31.9 Å². The Morgan fingerprint density at radius 3 is 1.01 bits per heavy atom. The SMILES string of the molecule is CCCCCCCC/C=C\CCCCCCC(O)CN(CCCCSSCCC(NC(=O)CCCN(CC(O)CCCCCCCCCC)CC(O)CCCCCCCCCC)C(=O)N(C)CCN(C)C)CC(O)CCCCCC/C=C\CCCCCCCC. The number of hydrogen-bond acceptors (Lipinski definition) is 11. The third kappa shape index (κ3) is 62.9. The van der Waals surface area contributed by atoms with Gasteiger partial charge in [0, 0.05) is 64.2 Å². The topological polar surface area (TPSA) is 140 Å². The highest BCUT2D eigenvalue weighted by Crippen LogP contribution is 2.25. The molecular weight excluding hydrogens is 1160 g/mol. The van der Waals surface area contributed by atoms with Crippen LogP contribution < -0.4 is 5.32 Å². The lowest BCUT2D eigenvalue weighted by molar-refractivity contribution is -0.135. The fourth-order valence-electron chi connectivity index (χ4n) is 12.1. The number of nitrogens with one attached hydrogen (secondary N) is 1. The number of amides is 2. The number of rotatable bonds is 72. The molecule has 90 heavy (non-hydrogen) atoms. The summed E-state index contributed by atoms with van der Waals surface area (Å²) in [6.07, 6.45) is 64.2. The van der Waals surface area contributed by atoms with Crippen LogP contribution in [0.15, 0.2) is 24.3 Å². The zero-order chi connectivity index (χ0) is 66.0. The third-order valence-corrected chi connectivity index (χ3v) is 20.6. The molecule has 0 aromatic heterocycles. The van der Waals surface area contributed by atoms with Crippen LogP contribution in [0.25, 0.3) is 0 Å². The molecule has 0 spiro atoms. The van der Waals surface area contributed by atoms with E-state index in [1.54, 1.807) is 15.7 Å².